The Kier molecular flexibility index (Phi) is 4.25. The molecule has 2 rings (SSSR count). The van der Waals surface area contributed by atoms with Crippen molar-refractivity contribution in [2.24, 2.45) is 0 Å². The molecule has 92 valence electrons. The lowest BCUT2D eigenvalue weighted by molar-refractivity contribution is 0.226. The standard InChI is InChI=1S/C12H16N2OS2/c1-13-8-14(9-17-12(13)16)7-10-3-5-11(15-2)6-4-10/h3-6H,7-9H2,1-2H3. The van der Waals surface area contributed by atoms with E-state index in [0.717, 1.165) is 29.2 Å². The van der Waals surface area contributed by atoms with Gasteiger partial charge in [-0.25, -0.2) is 0 Å². The van der Waals surface area contributed by atoms with E-state index in [1.165, 1.54) is 5.56 Å². The van der Waals surface area contributed by atoms with Gasteiger partial charge in [0.05, 0.1) is 19.7 Å². The highest BCUT2D eigenvalue weighted by atomic mass is 32.2. The van der Waals surface area contributed by atoms with Crippen molar-refractivity contribution in [1.29, 1.82) is 0 Å². The van der Waals surface area contributed by atoms with Crippen molar-refractivity contribution in [3.8, 4) is 5.75 Å². The molecule has 0 saturated carbocycles. The molecule has 0 aromatic heterocycles. The van der Waals surface area contributed by atoms with Crippen molar-refractivity contribution in [2.45, 2.75) is 6.54 Å². The summed E-state index contributed by atoms with van der Waals surface area (Å²) in [5.41, 5.74) is 1.30. The van der Waals surface area contributed by atoms with Gasteiger partial charge in [-0.3, -0.25) is 4.90 Å². The van der Waals surface area contributed by atoms with Gasteiger partial charge in [-0.05, 0) is 17.7 Å². The summed E-state index contributed by atoms with van der Waals surface area (Å²) < 4.78 is 6.13. The molecule has 1 saturated heterocycles. The summed E-state index contributed by atoms with van der Waals surface area (Å²) >= 11 is 6.94. The van der Waals surface area contributed by atoms with Gasteiger partial charge in [0.1, 0.15) is 10.1 Å². The van der Waals surface area contributed by atoms with Gasteiger partial charge >= 0.3 is 0 Å². The number of nitrogens with zero attached hydrogens (tertiary/aromatic N) is 2. The number of thiocarbonyl (C=S) groups is 1. The average molecular weight is 268 g/mol. The molecule has 0 aliphatic carbocycles. The van der Waals surface area contributed by atoms with Crippen LogP contribution >= 0.6 is 24.0 Å². The summed E-state index contributed by atoms with van der Waals surface area (Å²) in [4.78, 5) is 4.47. The van der Waals surface area contributed by atoms with Gasteiger partial charge in [0.15, 0.2) is 0 Å². The second-order valence-electron chi connectivity index (χ2n) is 4.06. The Balaban J connectivity index is 1.94. The molecule has 0 radical (unpaired) electrons. The Morgan fingerprint density at radius 3 is 2.65 bits per heavy atom. The number of benzene rings is 1. The van der Waals surface area contributed by atoms with Crippen LogP contribution in [-0.2, 0) is 6.54 Å². The van der Waals surface area contributed by atoms with Crippen molar-refractivity contribution in [1.82, 2.24) is 9.80 Å². The fraction of sp³-hybridized carbons (Fsp3) is 0.417. The second kappa shape index (κ2) is 5.71. The van der Waals surface area contributed by atoms with E-state index >= 15 is 0 Å². The van der Waals surface area contributed by atoms with E-state index in [-0.39, 0.29) is 0 Å². The first-order valence-electron chi connectivity index (χ1n) is 5.42. The fourth-order valence-corrected chi connectivity index (χ4v) is 2.70. The van der Waals surface area contributed by atoms with Gasteiger partial charge < -0.3 is 9.64 Å². The zero-order valence-electron chi connectivity index (χ0n) is 10.0. The summed E-state index contributed by atoms with van der Waals surface area (Å²) in [5.74, 6) is 1.87. The zero-order chi connectivity index (χ0) is 12.3. The Hall–Kier alpha value is -0.780. The van der Waals surface area contributed by atoms with Crippen LogP contribution in [0.5, 0.6) is 5.75 Å². The first kappa shape index (κ1) is 12.7. The molecule has 1 fully saturated rings. The van der Waals surface area contributed by atoms with Crippen LogP contribution < -0.4 is 4.74 Å². The van der Waals surface area contributed by atoms with Crippen molar-refractivity contribution in [3.63, 3.8) is 0 Å². The van der Waals surface area contributed by atoms with Crippen LogP contribution in [0.4, 0.5) is 0 Å². The van der Waals surface area contributed by atoms with Crippen LogP contribution in [0.1, 0.15) is 5.56 Å². The maximum Gasteiger partial charge on any atom is 0.138 e. The van der Waals surface area contributed by atoms with Crippen LogP contribution in [0.2, 0.25) is 0 Å². The van der Waals surface area contributed by atoms with Crippen molar-refractivity contribution in [3.05, 3.63) is 29.8 Å². The quantitative estimate of drug-likeness (QED) is 0.780. The van der Waals surface area contributed by atoms with E-state index < -0.39 is 0 Å². The van der Waals surface area contributed by atoms with Crippen molar-refractivity contribution in [2.75, 3.05) is 26.7 Å². The third kappa shape index (κ3) is 3.34. The molecule has 17 heavy (non-hydrogen) atoms. The minimum atomic E-state index is 0.901. The van der Waals surface area contributed by atoms with Gasteiger partial charge in [0.2, 0.25) is 0 Å². The second-order valence-corrected chi connectivity index (χ2v) is 5.63. The summed E-state index contributed by atoms with van der Waals surface area (Å²) in [6.07, 6.45) is 0. The largest absolute Gasteiger partial charge is 0.497 e. The van der Waals surface area contributed by atoms with E-state index in [2.05, 4.69) is 21.9 Å². The van der Waals surface area contributed by atoms with E-state index in [4.69, 9.17) is 17.0 Å². The summed E-state index contributed by atoms with van der Waals surface area (Å²) in [7, 11) is 3.72. The molecular weight excluding hydrogens is 252 g/mol. The summed E-state index contributed by atoms with van der Waals surface area (Å²) in [6, 6.07) is 8.22. The molecule has 0 unspecified atom stereocenters. The van der Waals surface area contributed by atoms with Gasteiger partial charge in [0, 0.05) is 13.6 Å². The fourth-order valence-electron chi connectivity index (χ4n) is 1.74. The van der Waals surface area contributed by atoms with Crippen LogP contribution in [0.15, 0.2) is 24.3 Å². The molecule has 1 heterocycles. The molecular formula is C12H16N2OS2. The van der Waals surface area contributed by atoms with Gasteiger partial charge in [-0.15, -0.1) is 0 Å². The Bertz CT molecular complexity index is 394. The third-order valence-corrected chi connectivity index (χ3v) is 4.38. The normalized spacial score (nSPS) is 17.3. The molecule has 0 spiro atoms. The van der Waals surface area contributed by atoms with E-state index in [9.17, 15) is 0 Å². The van der Waals surface area contributed by atoms with Crippen LogP contribution in [0.3, 0.4) is 0 Å². The molecule has 1 aliphatic heterocycles. The van der Waals surface area contributed by atoms with Gasteiger partial charge in [-0.1, -0.05) is 36.1 Å². The number of methoxy groups -OCH3 is 1. The molecule has 1 aliphatic rings. The van der Waals surface area contributed by atoms with Crippen LogP contribution in [0.25, 0.3) is 0 Å². The van der Waals surface area contributed by atoms with Crippen LogP contribution in [-0.4, -0.2) is 40.8 Å². The topological polar surface area (TPSA) is 15.7 Å². The number of hydrogen-bond donors (Lipinski definition) is 0. The van der Waals surface area contributed by atoms with Gasteiger partial charge in [0.25, 0.3) is 0 Å². The lowest BCUT2D eigenvalue weighted by atomic mass is 10.2. The Labute approximate surface area is 112 Å². The van der Waals surface area contributed by atoms with Crippen LogP contribution in [0, 0.1) is 0 Å². The molecule has 5 heteroatoms. The number of hydrogen-bond acceptors (Lipinski definition) is 4. The third-order valence-electron chi connectivity index (χ3n) is 2.66. The number of ether oxygens (including phenoxy) is 1. The van der Waals surface area contributed by atoms with Crippen molar-refractivity contribution < 1.29 is 4.74 Å². The highest BCUT2D eigenvalue weighted by molar-refractivity contribution is 8.22. The maximum absolute atomic E-state index is 5.22. The first-order chi connectivity index (χ1) is 8.19. The maximum atomic E-state index is 5.22. The lowest BCUT2D eigenvalue weighted by Crippen LogP contribution is -2.41. The Morgan fingerprint density at radius 1 is 1.35 bits per heavy atom. The van der Waals surface area contributed by atoms with E-state index in [0.29, 0.717) is 0 Å². The number of thioether (sulfide) groups is 1. The molecule has 3 nitrogen and oxygen atoms in total. The summed E-state index contributed by atoms with van der Waals surface area (Å²) in [5, 5.41) is 0. The molecule has 1 aromatic carbocycles. The number of rotatable bonds is 3. The highest BCUT2D eigenvalue weighted by Crippen LogP contribution is 2.20. The minimum Gasteiger partial charge on any atom is -0.497 e. The SMILES string of the molecule is COc1ccc(CN2CSC(=S)N(C)C2)cc1. The molecule has 1 aromatic rings. The molecule has 0 amide bonds. The average Bonchev–Trinajstić information content (AvgIpc) is 2.35. The smallest absolute Gasteiger partial charge is 0.138 e. The van der Waals surface area contributed by atoms with E-state index in [1.54, 1.807) is 18.9 Å². The predicted octanol–water partition coefficient (Wildman–Crippen LogP) is 2.38. The van der Waals surface area contributed by atoms with Crippen molar-refractivity contribution >= 4 is 28.3 Å². The zero-order valence-corrected chi connectivity index (χ0v) is 11.7. The van der Waals surface area contributed by atoms with Gasteiger partial charge in [-0.2, -0.15) is 0 Å². The monoisotopic (exact) mass is 268 g/mol. The highest BCUT2D eigenvalue weighted by Gasteiger charge is 2.18. The predicted molar refractivity (Wildman–Crippen MR) is 76.2 cm³/mol. The van der Waals surface area contributed by atoms with E-state index in [1.807, 2.05) is 19.2 Å². The molecule has 0 bridgehead atoms. The minimum absolute atomic E-state index is 0.901. The lowest BCUT2D eigenvalue weighted by Gasteiger charge is -2.34. The molecule has 0 N–H and O–H groups in total. The first-order valence-corrected chi connectivity index (χ1v) is 6.81. The Morgan fingerprint density at radius 2 is 2.06 bits per heavy atom. The molecule has 0 atom stereocenters. The summed E-state index contributed by atoms with van der Waals surface area (Å²) in [6.45, 7) is 1.85.